The minimum absolute atomic E-state index is 0.242. The van der Waals surface area contributed by atoms with Gasteiger partial charge in [-0.05, 0) is 38.6 Å². The first-order chi connectivity index (χ1) is 9.63. The summed E-state index contributed by atoms with van der Waals surface area (Å²) in [7, 11) is 2.14. The van der Waals surface area contributed by atoms with Crippen LogP contribution in [-0.2, 0) is 6.42 Å². The van der Waals surface area contributed by atoms with Gasteiger partial charge in [0.2, 0.25) is 0 Å². The maximum absolute atomic E-state index is 10.9. The highest BCUT2D eigenvalue weighted by molar-refractivity contribution is 5.88. The van der Waals surface area contributed by atoms with Gasteiger partial charge in [-0.3, -0.25) is 0 Å². The zero-order valence-electron chi connectivity index (χ0n) is 11.5. The van der Waals surface area contributed by atoms with Gasteiger partial charge in [0.15, 0.2) is 11.5 Å². The fourth-order valence-electron chi connectivity index (χ4n) is 2.76. The van der Waals surface area contributed by atoms with Crippen molar-refractivity contribution in [1.82, 2.24) is 19.5 Å². The quantitative estimate of drug-likeness (QED) is 0.917. The van der Waals surface area contributed by atoms with Crippen molar-refractivity contribution in [2.45, 2.75) is 31.7 Å². The first kappa shape index (κ1) is 13.1. The zero-order valence-corrected chi connectivity index (χ0v) is 11.5. The Balaban J connectivity index is 1.83. The number of aromatic carboxylic acids is 1. The van der Waals surface area contributed by atoms with Crippen LogP contribution in [0.2, 0.25) is 0 Å². The fourth-order valence-corrected chi connectivity index (χ4v) is 2.76. The molecule has 0 spiro atoms. The Kier molecular flexibility index (Phi) is 3.40. The van der Waals surface area contributed by atoms with Crippen molar-refractivity contribution >= 4 is 11.6 Å². The molecule has 3 rings (SSSR count). The molecule has 1 unspecified atom stereocenters. The van der Waals surface area contributed by atoms with Gasteiger partial charge in [-0.1, -0.05) is 6.42 Å². The average molecular weight is 274 g/mol. The lowest BCUT2D eigenvalue weighted by molar-refractivity contribution is 0.0697. The van der Waals surface area contributed by atoms with E-state index in [1.54, 1.807) is 22.8 Å². The summed E-state index contributed by atoms with van der Waals surface area (Å²) >= 11 is 0. The number of aromatic nitrogens is 3. The first-order valence-corrected chi connectivity index (χ1v) is 6.92. The Hall–Kier alpha value is -1.95. The molecular formula is C14H18N4O2. The van der Waals surface area contributed by atoms with E-state index in [1.165, 1.54) is 19.3 Å². The van der Waals surface area contributed by atoms with E-state index >= 15 is 0 Å². The molecule has 1 aliphatic heterocycles. The average Bonchev–Trinajstić information content (AvgIpc) is 2.82. The highest BCUT2D eigenvalue weighted by Gasteiger charge is 2.21. The number of rotatable bonds is 3. The highest BCUT2D eigenvalue weighted by atomic mass is 16.4. The Morgan fingerprint density at radius 2 is 2.35 bits per heavy atom. The molecule has 1 saturated heterocycles. The molecule has 6 nitrogen and oxygen atoms in total. The molecule has 3 heterocycles. The van der Waals surface area contributed by atoms with Crippen molar-refractivity contribution in [2.24, 2.45) is 0 Å². The lowest BCUT2D eigenvalue weighted by Gasteiger charge is -2.31. The van der Waals surface area contributed by atoms with Gasteiger partial charge in [-0.2, -0.15) is 5.10 Å². The van der Waals surface area contributed by atoms with E-state index < -0.39 is 5.97 Å². The second-order valence-corrected chi connectivity index (χ2v) is 5.39. The molecule has 2 aromatic rings. The summed E-state index contributed by atoms with van der Waals surface area (Å²) in [5.41, 5.74) is 0.838. The standard InChI is InChI=1S/C14H18N4O2/c1-17-6-3-2-4-11(17)9-12-15-13-8-10(14(19)20)5-7-18(13)16-12/h5,7-8,11H,2-4,6,9H2,1H3,(H,19,20). The monoisotopic (exact) mass is 274 g/mol. The molecule has 1 atom stereocenters. The van der Waals surface area contributed by atoms with Crippen molar-refractivity contribution in [3.8, 4) is 0 Å². The molecule has 0 amide bonds. The molecule has 0 saturated carbocycles. The molecule has 1 fully saturated rings. The number of fused-ring (bicyclic) bond motifs is 1. The van der Waals surface area contributed by atoms with Crippen LogP contribution in [0.25, 0.3) is 5.65 Å². The van der Waals surface area contributed by atoms with Gasteiger partial charge in [0, 0.05) is 18.7 Å². The lowest BCUT2D eigenvalue weighted by atomic mass is 10.00. The number of carboxylic acids is 1. The lowest BCUT2D eigenvalue weighted by Crippen LogP contribution is -2.37. The fraction of sp³-hybridized carbons (Fsp3) is 0.500. The highest BCUT2D eigenvalue weighted by Crippen LogP contribution is 2.18. The smallest absolute Gasteiger partial charge is 0.335 e. The van der Waals surface area contributed by atoms with E-state index in [0.717, 1.165) is 18.8 Å². The molecule has 0 aliphatic carbocycles. The predicted molar refractivity (Wildman–Crippen MR) is 73.9 cm³/mol. The van der Waals surface area contributed by atoms with Crippen LogP contribution in [0.4, 0.5) is 0 Å². The van der Waals surface area contributed by atoms with Gasteiger partial charge < -0.3 is 10.0 Å². The summed E-state index contributed by atoms with van der Waals surface area (Å²) in [6, 6.07) is 3.59. The minimum atomic E-state index is -0.941. The third-order valence-corrected chi connectivity index (χ3v) is 3.97. The second kappa shape index (κ2) is 5.20. The van der Waals surface area contributed by atoms with Gasteiger partial charge in [0.1, 0.15) is 0 Å². The molecule has 2 aromatic heterocycles. The molecule has 1 N–H and O–H groups in total. The van der Waals surface area contributed by atoms with E-state index in [4.69, 9.17) is 5.11 Å². The predicted octanol–water partition coefficient (Wildman–Crippen LogP) is 1.45. The number of carboxylic acid groups (broad SMARTS) is 1. The first-order valence-electron chi connectivity index (χ1n) is 6.92. The number of likely N-dealkylation sites (tertiary alicyclic amines) is 1. The number of nitrogens with zero attached hydrogens (tertiary/aromatic N) is 4. The largest absolute Gasteiger partial charge is 0.478 e. The number of hydrogen-bond donors (Lipinski definition) is 1. The normalized spacial score (nSPS) is 20.4. The minimum Gasteiger partial charge on any atom is -0.478 e. The maximum atomic E-state index is 10.9. The zero-order chi connectivity index (χ0) is 14.1. The van der Waals surface area contributed by atoms with Crippen LogP contribution in [0, 0.1) is 0 Å². The van der Waals surface area contributed by atoms with Gasteiger partial charge in [-0.25, -0.2) is 14.3 Å². The van der Waals surface area contributed by atoms with Gasteiger partial charge >= 0.3 is 5.97 Å². The molecule has 0 aromatic carbocycles. The summed E-state index contributed by atoms with van der Waals surface area (Å²) in [5.74, 6) is -0.157. The van der Waals surface area contributed by atoms with E-state index in [9.17, 15) is 4.79 Å². The van der Waals surface area contributed by atoms with E-state index in [-0.39, 0.29) is 5.56 Å². The summed E-state index contributed by atoms with van der Waals surface area (Å²) in [5, 5.41) is 13.4. The van der Waals surface area contributed by atoms with E-state index in [2.05, 4.69) is 22.0 Å². The van der Waals surface area contributed by atoms with Crippen molar-refractivity contribution in [2.75, 3.05) is 13.6 Å². The van der Waals surface area contributed by atoms with Crippen LogP contribution in [0.1, 0.15) is 35.4 Å². The molecule has 106 valence electrons. The van der Waals surface area contributed by atoms with Crippen LogP contribution in [-0.4, -0.2) is 50.2 Å². The molecular weight excluding hydrogens is 256 g/mol. The number of likely N-dealkylation sites (N-methyl/N-ethyl adjacent to an activating group) is 1. The Labute approximate surface area is 117 Å². The Bertz CT molecular complexity index is 637. The maximum Gasteiger partial charge on any atom is 0.335 e. The van der Waals surface area contributed by atoms with Gasteiger partial charge in [-0.15, -0.1) is 0 Å². The van der Waals surface area contributed by atoms with Crippen molar-refractivity contribution in [1.29, 1.82) is 0 Å². The van der Waals surface area contributed by atoms with Gasteiger partial charge in [0.25, 0.3) is 0 Å². The molecule has 20 heavy (non-hydrogen) atoms. The summed E-state index contributed by atoms with van der Waals surface area (Å²) < 4.78 is 1.64. The van der Waals surface area contributed by atoms with E-state index in [1.807, 2.05) is 0 Å². The van der Waals surface area contributed by atoms with Crippen LogP contribution >= 0.6 is 0 Å². The van der Waals surface area contributed by atoms with E-state index in [0.29, 0.717) is 11.7 Å². The number of piperidine rings is 1. The van der Waals surface area contributed by atoms with Crippen LogP contribution in [0.5, 0.6) is 0 Å². The molecule has 0 bridgehead atoms. The van der Waals surface area contributed by atoms with Crippen molar-refractivity contribution in [3.63, 3.8) is 0 Å². The summed E-state index contributed by atoms with van der Waals surface area (Å²) in [4.78, 5) is 17.8. The van der Waals surface area contributed by atoms with Crippen molar-refractivity contribution < 1.29 is 9.90 Å². The summed E-state index contributed by atoms with van der Waals surface area (Å²) in [6.07, 6.45) is 6.16. The summed E-state index contributed by atoms with van der Waals surface area (Å²) in [6.45, 7) is 1.13. The number of carbonyl (C=O) groups is 1. The van der Waals surface area contributed by atoms with Crippen LogP contribution < -0.4 is 0 Å². The van der Waals surface area contributed by atoms with Crippen LogP contribution in [0.3, 0.4) is 0 Å². The molecule has 1 aliphatic rings. The Morgan fingerprint density at radius 3 is 3.10 bits per heavy atom. The number of pyridine rings is 1. The molecule has 6 heteroatoms. The Morgan fingerprint density at radius 1 is 1.50 bits per heavy atom. The molecule has 0 radical (unpaired) electrons. The van der Waals surface area contributed by atoms with Crippen LogP contribution in [0.15, 0.2) is 18.3 Å². The third kappa shape index (κ3) is 2.51. The SMILES string of the molecule is CN1CCCCC1Cc1nc2cc(C(=O)O)ccn2n1. The topological polar surface area (TPSA) is 70.7 Å². The van der Waals surface area contributed by atoms with Crippen molar-refractivity contribution in [3.05, 3.63) is 29.7 Å². The van der Waals surface area contributed by atoms with Gasteiger partial charge in [0.05, 0.1) is 5.56 Å². The third-order valence-electron chi connectivity index (χ3n) is 3.97. The second-order valence-electron chi connectivity index (χ2n) is 5.39. The number of hydrogen-bond acceptors (Lipinski definition) is 4.